The van der Waals surface area contributed by atoms with Gasteiger partial charge in [-0.25, -0.2) is 10.5 Å². The first-order chi connectivity index (χ1) is 9.25. The molecule has 1 amide bonds. The normalized spacial score (nSPS) is 18.5. The van der Waals surface area contributed by atoms with Gasteiger partial charge in [-0.15, -0.1) is 0 Å². The lowest BCUT2D eigenvalue weighted by Crippen LogP contribution is -2.35. The molecule has 1 saturated carbocycles. The Morgan fingerprint density at radius 1 is 1.47 bits per heavy atom. The van der Waals surface area contributed by atoms with E-state index in [4.69, 9.17) is 4.84 Å². The molecular formula is C12H15N3O3S. The number of nitrogens with zero attached hydrogens (tertiary/aromatic N) is 2. The molecule has 7 heteroatoms. The lowest BCUT2D eigenvalue weighted by molar-refractivity contribution is -0.0126. The van der Waals surface area contributed by atoms with Crippen molar-refractivity contribution in [1.82, 2.24) is 15.0 Å². The Hall–Kier alpha value is -1.34. The fraction of sp³-hybridized carbons (Fsp3) is 0.583. The van der Waals surface area contributed by atoms with Crippen LogP contribution in [-0.4, -0.2) is 27.3 Å². The predicted molar refractivity (Wildman–Crippen MR) is 70.0 cm³/mol. The molecule has 0 aromatic carbocycles. The molecule has 1 fully saturated rings. The van der Waals surface area contributed by atoms with E-state index in [1.54, 1.807) is 0 Å². The van der Waals surface area contributed by atoms with Gasteiger partial charge in [0.2, 0.25) is 0 Å². The molecule has 0 unspecified atom stereocenters. The summed E-state index contributed by atoms with van der Waals surface area (Å²) in [6, 6.07) is 0. The highest BCUT2D eigenvalue weighted by atomic mass is 32.2. The molecule has 102 valence electrons. The number of hydrogen-bond acceptors (Lipinski definition) is 5. The zero-order valence-electron chi connectivity index (χ0n) is 10.4. The molecule has 0 spiro atoms. The van der Waals surface area contributed by atoms with Gasteiger partial charge in [0.25, 0.3) is 11.5 Å². The van der Waals surface area contributed by atoms with Gasteiger partial charge in [-0.3, -0.25) is 19.0 Å². The quantitative estimate of drug-likeness (QED) is 0.659. The van der Waals surface area contributed by atoms with Gasteiger partial charge in [0.1, 0.15) is 5.56 Å². The van der Waals surface area contributed by atoms with Crippen molar-refractivity contribution in [1.29, 1.82) is 0 Å². The first-order valence-corrected chi connectivity index (χ1v) is 7.43. The maximum absolute atomic E-state index is 12.1. The van der Waals surface area contributed by atoms with Crippen LogP contribution >= 0.6 is 11.8 Å². The number of rotatable bonds is 3. The fourth-order valence-corrected chi connectivity index (χ4v) is 3.29. The molecule has 2 aliphatic rings. The molecule has 1 aliphatic heterocycles. The van der Waals surface area contributed by atoms with Crippen molar-refractivity contribution in [2.45, 2.75) is 43.5 Å². The second-order valence-electron chi connectivity index (χ2n) is 4.72. The van der Waals surface area contributed by atoms with Gasteiger partial charge in [-0.05, 0) is 12.8 Å². The number of carbonyl (C=O) groups excluding carboxylic acids is 1. The number of carbonyl (C=O) groups is 1. The fourth-order valence-electron chi connectivity index (χ4n) is 2.37. The van der Waals surface area contributed by atoms with Crippen molar-refractivity contribution >= 4 is 17.7 Å². The van der Waals surface area contributed by atoms with Crippen molar-refractivity contribution in [2.75, 3.05) is 5.75 Å². The SMILES string of the molecule is O=C(NOC1CCCC1)c1cnc2n(c1=O)CCS2. The van der Waals surface area contributed by atoms with Crippen LogP contribution in [0.3, 0.4) is 0 Å². The minimum atomic E-state index is -0.503. The molecule has 1 aromatic rings. The monoisotopic (exact) mass is 281 g/mol. The van der Waals surface area contributed by atoms with Gasteiger partial charge < -0.3 is 0 Å². The smallest absolute Gasteiger partial charge is 0.282 e. The summed E-state index contributed by atoms with van der Waals surface area (Å²) < 4.78 is 1.54. The second-order valence-corrected chi connectivity index (χ2v) is 5.78. The summed E-state index contributed by atoms with van der Waals surface area (Å²) in [5.74, 6) is 0.322. The van der Waals surface area contributed by atoms with Crippen LogP contribution in [0, 0.1) is 0 Å². The second kappa shape index (κ2) is 5.34. The molecule has 0 saturated heterocycles. The summed E-state index contributed by atoms with van der Waals surface area (Å²) in [5, 5.41) is 0.679. The van der Waals surface area contributed by atoms with Crippen molar-refractivity contribution < 1.29 is 9.63 Å². The number of nitrogens with one attached hydrogen (secondary N) is 1. The Balaban J connectivity index is 1.71. The van der Waals surface area contributed by atoms with Crippen LogP contribution < -0.4 is 11.0 Å². The zero-order valence-corrected chi connectivity index (χ0v) is 11.2. The van der Waals surface area contributed by atoms with Crippen LogP contribution in [0.25, 0.3) is 0 Å². The van der Waals surface area contributed by atoms with E-state index in [-0.39, 0.29) is 17.2 Å². The van der Waals surface area contributed by atoms with Crippen LogP contribution in [0.5, 0.6) is 0 Å². The Bertz CT molecular complexity index is 552. The average molecular weight is 281 g/mol. The molecule has 2 heterocycles. The average Bonchev–Trinajstić information content (AvgIpc) is 3.07. The van der Waals surface area contributed by atoms with Gasteiger partial charge in [-0.2, -0.15) is 0 Å². The molecule has 1 aliphatic carbocycles. The largest absolute Gasteiger partial charge is 0.286 e. The van der Waals surface area contributed by atoms with Crippen LogP contribution in [0.2, 0.25) is 0 Å². The van der Waals surface area contributed by atoms with Gasteiger partial charge in [0.15, 0.2) is 5.16 Å². The van der Waals surface area contributed by atoms with Gasteiger partial charge in [0, 0.05) is 18.5 Å². The highest BCUT2D eigenvalue weighted by Gasteiger charge is 2.22. The summed E-state index contributed by atoms with van der Waals surface area (Å²) in [6.07, 6.45) is 5.57. The summed E-state index contributed by atoms with van der Waals surface area (Å²) in [5.41, 5.74) is 2.13. The van der Waals surface area contributed by atoms with Crippen molar-refractivity contribution in [2.24, 2.45) is 0 Å². The zero-order chi connectivity index (χ0) is 13.2. The molecule has 3 rings (SSSR count). The van der Waals surface area contributed by atoms with E-state index < -0.39 is 5.91 Å². The maximum atomic E-state index is 12.1. The number of aromatic nitrogens is 2. The number of hydrogen-bond donors (Lipinski definition) is 1. The molecule has 0 atom stereocenters. The van der Waals surface area contributed by atoms with Crippen LogP contribution in [0.15, 0.2) is 16.1 Å². The van der Waals surface area contributed by atoms with E-state index in [2.05, 4.69) is 10.5 Å². The molecule has 0 radical (unpaired) electrons. The molecule has 19 heavy (non-hydrogen) atoms. The number of fused-ring (bicyclic) bond motifs is 1. The third-order valence-electron chi connectivity index (χ3n) is 3.42. The van der Waals surface area contributed by atoms with E-state index >= 15 is 0 Å². The summed E-state index contributed by atoms with van der Waals surface area (Å²) in [6.45, 7) is 0.608. The van der Waals surface area contributed by atoms with Crippen molar-refractivity contribution in [3.8, 4) is 0 Å². The lowest BCUT2D eigenvalue weighted by Gasteiger charge is -2.11. The van der Waals surface area contributed by atoms with E-state index in [0.717, 1.165) is 31.4 Å². The Morgan fingerprint density at radius 2 is 2.26 bits per heavy atom. The third-order valence-corrected chi connectivity index (χ3v) is 4.39. The molecule has 6 nitrogen and oxygen atoms in total. The van der Waals surface area contributed by atoms with E-state index in [1.807, 2.05) is 0 Å². The highest BCUT2D eigenvalue weighted by Crippen LogP contribution is 2.21. The number of hydroxylamine groups is 1. The summed E-state index contributed by atoms with van der Waals surface area (Å²) in [4.78, 5) is 33.5. The summed E-state index contributed by atoms with van der Waals surface area (Å²) >= 11 is 1.53. The molecular weight excluding hydrogens is 266 g/mol. The Labute approximate surface area is 114 Å². The van der Waals surface area contributed by atoms with Crippen LogP contribution in [-0.2, 0) is 11.4 Å². The van der Waals surface area contributed by atoms with Crippen LogP contribution in [0.4, 0.5) is 0 Å². The standard InChI is InChI=1S/C12H15N3O3S/c16-10(14-18-8-3-1-2-4-8)9-7-13-12-15(11(9)17)5-6-19-12/h7-8H,1-6H2,(H,14,16). The maximum Gasteiger partial charge on any atom is 0.282 e. The topological polar surface area (TPSA) is 73.2 Å². The minimum Gasteiger partial charge on any atom is -0.286 e. The number of thioether (sulfide) groups is 1. The molecule has 0 bridgehead atoms. The first-order valence-electron chi connectivity index (χ1n) is 6.44. The summed E-state index contributed by atoms with van der Waals surface area (Å²) in [7, 11) is 0. The third kappa shape index (κ3) is 2.52. The van der Waals surface area contributed by atoms with Crippen LogP contribution in [0.1, 0.15) is 36.0 Å². The van der Waals surface area contributed by atoms with E-state index in [1.165, 1.54) is 22.5 Å². The van der Waals surface area contributed by atoms with E-state index in [9.17, 15) is 9.59 Å². The lowest BCUT2D eigenvalue weighted by atomic mass is 10.3. The predicted octanol–water partition coefficient (Wildman–Crippen LogP) is 0.953. The highest BCUT2D eigenvalue weighted by molar-refractivity contribution is 7.99. The first kappa shape index (κ1) is 12.7. The Kier molecular flexibility index (Phi) is 3.56. The van der Waals surface area contributed by atoms with Gasteiger partial charge in [-0.1, -0.05) is 24.6 Å². The minimum absolute atomic E-state index is 0.0456. The van der Waals surface area contributed by atoms with Crippen molar-refractivity contribution in [3.05, 3.63) is 22.1 Å². The number of amides is 1. The van der Waals surface area contributed by atoms with E-state index in [0.29, 0.717) is 11.7 Å². The van der Waals surface area contributed by atoms with Crippen molar-refractivity contribution in [3.63, 3.8) is 0 Å². The van der Waals surface area contributed by atoms with Gasteiger partial charge in [0.05, 0.1) is 6.10 Å². The molecule has 1 N–H and O–H groups in total. The Morgan fingerprint density at radius 3 is 3.05 bits per heavy atom. The van der Waals surface area contributed by atoms with Gasteiger partial charge >= 0.3 is 0 Å². The molecule has 1 aromatic heterocycles.